The molecule has 5 rings (SSSR count). The zero-order valence-corrected chi connectivity index (χ0v) is 16.6. The molecule has 0 aliphatic rings. The molecule has 3 aromatic heterocycles. The number of nitrogens with zero attached hydrogens (tertiary/aromatic N) is 3. The number of fused-ring (bicyclic) bond motifs is 1. The summed E-state index contributed by atoms with van der Waals surface area (Å²) >= 11 is 1.58. The van der Waals surface area contributed by atoms with Gasteiger partial charge in [-0.2, -0.15) is 0 Å². The number of hydrogen-bond donors (Lipinski definition) is 1. The van der Waals surface area contributed by atoms with Crippen LogP contribution in [0.2, 0.25) is 0 Å². The molecule has 3 heterocycles. The third-order valence-electron chi connectivity index (χ3n) is 4.74. The number of aromatic nitrogens is 3. The Morgan fingerprint density at radius 3 is 2.53 bits per heavy atom. The van der Waals surface area contributed by atoms with E-state index in [1.165, 1.54) is 0 Å². The first kappa shape index (κ1) is 18.1. The number of carbonyl (C=O) groups is 1. The molecule has 0 atom stereocenters. The van der Waals surface area contributed by atoms with Crippen LogP contribution in [0.5, 0.6) is 0 Å². The fourth-order valence-electron chi connectivity index (χ4n) is 3.29. The van der Waals surface area contributed by atoms with Crippen molar-refractivity contribution < 1.29 is 4.79 Å². The molecule has 5 aromatic rings. The van der Waals surface area contributed by atoms with Crippen LogP contribution < -0.4 is 5.32 Å². The number of para-hydroxylation sites is 1. The maximum Gasteiger partial charge on any atom is 0.256 e. The SMILES string of the molecule is O=C(Nc1ccc(-c2nccs2)cc1)c1cc(-c2cccnc2)nc2ccccc12. The Kier molecular flexibility index (Phi) is 4.75. The minimum absolute atomic E-state index is 0.180. The number of rotatable bonds is 4. The molecule has 144 valence electrons. The van der Waals surface area contributed by atoms with Crippen molar-refractivity contribution in [1.82, 2.24) is 15.0 Å². The lowest BCUT2D eigenvalue weighted by molar-refractivity contribution is 0.102. The summed E-state index contributed by atoms with van der Waals surface area (Å²) in [4.78, 5) is 26.4. The number of benzene rings is 2. The van der Waals surface area contributed by atoms with Crippen LogP contribution in [0.15, 0.2) is 90.7 Å². The maximum atomic E-state index is 13.2. The zero-order chi connectivity index (χ0) is 20.3. The zero-order valence-electron chi connectivity index (χ0n) is 15.8. The molecule has 1 N–H and O–H groups in total. The molecule has 6 heteroatoms. The summed E-state index contributed by atoms with van der Waals surface area (Å²) in [6.07, 6.45) is 5.24. The molecular weight excluding hydrogens is 392 g/mol. The Balaban J connectivity index is 1.49. The summed E-state index contributed by atoms with van der Waals surface area (Å²) in [7, 11) is 0. The quantitative estimate of drug-likeness (QED) is 0.416. The first-order valence-electron chi connectivity index (χ1n) is 9.39. The van der Waals surface area contributed by atoms with Crippen molar-refractivity contribution in [2.75, 3.05) is 5.32 Å². The second kappa shape index (κ2) is 7.85. The summed E-state index contributed by atoms with van der Waals surface area (Å²) in [6, 6.07) is 21.0. The Labute approximate surface area is 177 Å². The first-order chi connectivity index (χ1) is 14.8. The van der Waals surface area contributed by atoms with E-state index < -0.39 is 0 Å². The molecule has 0 aliphatic carbocycles. The summed E-state index contributed by atoms with van der Waals surface area (Å²) in [6.45, 7) is 0. The second-order valence-electron chi connectivity index (χ2n) is 6.68. The summed E-state index contributed by atoms with van der Waals surface area (Å²) < 4.78 is 0. The van der Waals surface area contributed by atoms with Crippen LogP contribution in [-0.4, -0.2) is 20.9 Å². The number of anilines is 1. The van der Waals surface area contributed by atoms with Crippen molar-refractivity contribution >= 4 is 33.8 Å². The predicted octanol–water partition coefficient (Wildman–Crippen LogP) is 5.67. The number of thiazole rings is 1. The Morgan fingerprint density at radius 2 is 1.77 bits per heavy atom. The Bertz CT molecular complexity index is 1320. The molecule has 0 aliphatic heterocycles. The fourth-order valence-corrected chi connectivity index (χ4v) is 3.93. The van der Waals surface area contributed by atoms with E-state index in [9.17, 15) is 4.79 Å². The minimum Gasteiger partial charge on any atom is -0.322 e. The van der Waals surface area contributed by atoms with Crippen molar-refractivity contribution in [3.8, 4) is 21.8 Å². The number of amides is 1. The van der Waals surface area contributed by atoms with Gasteiger partial charge in [0.25, 0.3) is 5.91 Å². The lowest BCUT2D eigenvalue weighted by Gasteiger charge is -2.11. The molecule has 0 saturated carbocycles. The molecule has 0 saturated heterocycles. The van der Waals surface area contributed by atoms with Gasteiger partial charge in [0, 0.05) is 46.2 Å². The second-order valence-corrected chi connectivity index (χ2v) is 7.58. The molecular formula is C24H16N4OS. The number of carbonyl (C=O) groups excluding carboxylic acids is 1. The van der Waals surface area contributed by atoms with E-state index in [0.29, 0.717) is 11.3 Å². The van der Waals surface area contributed by atoms with Gasteiger partial charge in [0.05, 0.1) is 16.8 Å². The molecule has 5 nitrogen and oxygen atoms in total. The van der Waals surface area contributed by atoms with Crippen molar-refractivity contribution in [1.29, 1.82) is 0 Å². The molecule has 1 amide bonds. The van der Waals surface area contributed by atoms with Gasteiger partial charge in [-0.15, -0.1) is 11.3 Å². The molecule has 0 fully saturated rings. The van der Waals surface area contributed by atoms with Crippen molar-refractivity contribution in [3.63, 3.8) is 0 Å². The molecule has 0 bridgehead atoms. The van der Waals surface area contributed by atoms with Crippen LogP contribution in [0.25, 0.3) is 32.7 Å². The van der Waals surface area contributed by atoms with Gasteiger partial charge in [-0.3, -0.25) is 9.78 Å². The van der Waals surface area contributed by atoms with E-state index in [2.05, 4.69) is 15.3 Å². The highest BCUT2D eigenvalue weighted by Crippen LogP contribution is 2.26. The van der Waals surface area contributed by atoms with Crippen LogP contribution >= 0.6 is 11.3 Å². The average molecular weight is 408 g/mol. The van der Waals surface area contributed by atoms with Gasteiger partial charge in [0.15, 0.2) is 0 Å². The van der Waals surface area contributed by atoms with Crippen molar-refractivity contribution in [3.05, 3.63) is 96.3 Å². The highest BCUT2D eigenvalue weighted by Gasteiger charge is 2.14. The third-order valence-corrected chi connectivity index (χ3v) is 5.56. The van der Waals surface area contributed by atoms with Crippen molar-refractivity contribution in [2.45, 2.75) is 0 Å². The molecule has 30 heavy (non-hydrogen) atoms. The Hall–Kier alpha value is -3.90. The van der Waals surface area contributed by atoms with Crippen LogP contribution in [0.4, 0.5) is 5.69 Å². The van der Waals surface area contributed by atoms with Gasteiger partial charge in [-0.25, -0.2) is 9.97 Å². The van der Waals surface area contributed by atoms with E-state index in [1.54, 1.807) is 29.9 Å². The average Bonchev–Trinajstić information content (AvgIpc) is 3.34. The van der Waals surface area contributed by atoms with Crippen LogP contribution in [0, 0.1) is 0 Å². The van der Waals surface area contributed by atoms with Crippen LogP contribution in [0.1, 0.15) is 10.4 Å². The third kappa shape index (κ3) is 3.56. The van der Waals surface area contributed by atoms with Crippen LogP contribution in [0.3, 0.4) is 0 Å². The number of hydrogen-bond acceptors (Lipinski definition) is 5. The van der Waals surface area contributed by atoms with Gasteiger partial charge < -0.3 is 5.32 Å². The topological polar surface area (TPSA) is 67.8 Å². The van der Waals surface area contributed by atoms with E-state index in [-0.39, 0.29) is 5.91 Å². The van der Waals surface area contributed by atoms with Gasteiger partial charge in [-0.05, 0) is 48.5 Å². The van der Waals surface area contributed by atoms with Crippen LogP contribution in [-0.2, 0) is 0 Å². The summed E-state index contributed by atoms with van der Waals surface area (Å²) in [5.41, 5.74) is 4.67. The lowest BCUT2D eigenvalue weighted by Crippen LogP contribution is -2.13. The summed E-state index contributed by atoms with van der Waals surface area (Å²) in [5.74, 6) is -0.180. The largest absolute Gasteiger partial charge is 0.322 e. The standard InChI is InChI=1S/C24H16N4OS/c29-23(27-18-9-7-16(8-10-18)24-26-12-13-30-24)20-14-22(17-4-3-11-25-15-17)28-21-6-2-1-5-19(20)21/h1-15H,(H,27,29). The van der Waals surface area contributed by atoms with Gasteiger partial charge >= 0.3 is 0 Å². The van der Waals surface area contributed by atoms with E-state index in [1.807, 2.05) is 72.1 Å². The molecule has 2 aromatic carbocycles. The highest BCUT2D eigenvalue weighted by atomic mass is 32.1. The lowest BCUT2D eigenvalue weighted by atomic mass is 10.0. The van der Waals surface area contributed by atoms with E-state index in [0.717, 1.165) is 32.7 Å². The monoisotopic (exact) mass is 408 g/mol. The molecule has 0 unspecified atom stereocenters. The predicted molar refractivity (Wildman–Crippen MR) is 120 cm³/mol. The fraction of sp³-hybridized carbons (Fsp3) is 0. The molecule has 0 radical (unpaired) electrons. The van der Waals surface area contributed by atoms with E-state index >= 15 is 0 Å². The minimum atomic E-state index is -0.180. The maximum absolute atomic E-state index is 13.2. The first-order valence-corrected chi connectivity index (χ1v) is 10.3. The highest BCUT2D eigenvalue weighted by molar-refractivity contribution is 7.13. The van der Waals surface area contributed by atoms with Gasteiger partial charge in [0.1, 0.15) is 5.01 Å². The number of pyridine rings is 2. The Morgan fingerprint density at radius 1 is 0.900 bits per heavy atom. The van der Waals surface area contributed by atoms with Gasteiger partial charge in [0.2, 0.25) is 0 Å². The normalized spacial score (nSPS) is 10.8. The van der Waals surface area contributed by atoms with Gasteiger partial charge in [-0.1, -0.05) is 18.2 Å². The number of nitrogens with one attached hydrogen (secondary N) is 1. The summed E-state index contributed by atoms with van der Waals surface area (Å²) in [5, 5.41) is 6.71. The van der Waals surface area contributed by atoms with E-state index in [4.69, 9.17) is 4.98 Å². The van der Waals surface area contributed by atoms with Crippen molar-refractivity contribution in [2.24, 2.45) is 0 Å². The smallest absolute Gasteiger partial charge is 0.256 e. The molecule has 0 spiro atoms.